The minimum absolute atomic E-state index is 0.273. The molecule has 0 aliphatic heterocycles. The second kappa shape index (κ2) is 10.1. The molecule has 4 rings (SSSR count). The third-order valence-corrected chi connectivity index (χ3v) is 5.21. The highest BCUT2D eigenvalue weighted by atomic mass is 19.2. The van der Waals surface area contributed by atoms with Crippen LogP contribution in [0.25, 0.3) is 29.0 Å². The van der Waals surface area contributed by atoms with Gasteiger partial charge in [-0.1, -0.05) is 25.5 Å². The molecule has 0 saturated carbocycles. The molecule has 2 aromatic heterocycles. The van der Waals surface area contributed by atoms with Gasteiger partial charge in [-0.2, -0.15) is 5.26 Å². The van der Waals surface area contributed by atoms with Gasteiger partial charge in [0.2, 0.25) is 0 Å². The molecule has 8 heteroatoms. The largest absolute Gasteiger partial charge is 0.493 e. The number of rotatable bonds is 8. The molecule has 2 heterocycles. The Labute approximate surface area is 195 Å². The molecule has 4 aromatic rings. The number of para-hydroxylation sites is 1. The normalized spacial score (nSPS) is 11.1. The summed E-state index contributed by atoms with van der Waals surface area (Å²) < 4.78 is 41.0. The van der Waals surface area contributed by atoms with Gasteiger partial charge in [0.25, 0.3) is 0 Å². The fraction of sp³-hybridized carbons (Fsp3) is 0.192. The number of nitriles is 1. The van der Waals surface area contributed by atoms with Crippen LogP contribution in [0, 0.1) is 23.0 Å². The van der Waals surface area contributed by atoms with E-state index in [1.54, 1.807) is 36.0 Å². The minimum Gasteiger partial charge on any atom is -0.493 e. The Hall–Kier alpha value is -4.25. The van der Waals surface area contributed by atoms with Gasteiger partial charge in [-0.05, 0) is 36.8 Å². The predicted molar refractivity (Wildman–Crippen MR) is 126 cm³/mol. The van der Waals surface area contributed by atoms with E-state index in [-0.39, 0.29) is 5.52 Å². The average molecular weight is 460 g/mol. The van der Waals surface area contributed by atoms with Gasteiger partial charge in [-0.15, -0.1) is 0 Å². The Morgan fingerprint density at radius 2 is 1.94 bits per heavy atom. The van der Waals surface area contributed by atoms with E-state index in [2.05, 4.69) is 16.9 Å². The van der Waals surface area contributed by atoms with Crippen molar-refractivity contribution < 1.29 is 18.3 Å². The minimum atomic E-state index is -0.989. The molecule has 0 N–H and O–H groups in total. The number of fused-ring (bicyclic) bond motifs is 1. The Morgan fingerprint density at radius 3 is 2.65 bits per heavy atom. The van der Waals surface area contributed by atoms with Crippen molar-refractivity contribution in [1.82, 2.24) is 14.5 Å². The number of benzene rings is 2. The summed E-state index contributed by atoms with van der Waals surface area (Å²) in [5.41, 5.74) is 1.77. The van der Waals surface area contributed by atoms with E-state index < -0.39 is 11.6 Å². The van der Waals surface area contributed by atoms with Crippen LogP contribution in [0.3, 0.4) is 0 Å². The fourth-order valence-electron chi connectivity index (χ4n) is 3.49. The third kappa shape index (κ3) is 4.59. The molecule has 0 aliphatic rings. The fourth-order valence-corrected chi connectivity index (χ4v) is 3.49. The van der Waals surface area contributed by atoms with E-state index in [0.717, 1.165) is 30.5 Å². The zero-order valence-electron chi connectivity index (χ0n) is 18.8. The van der Waals surface area contributed by atoms with Crippen LogP contribution in [-0.4, -0.2) is 28.3 Å². The lowest BCUT2D eigenvalue weighted by Gasteiger charge is -2.13. The first-order valence-corrected chi connectivity index (χ1v) is 10.8. The van der Waals surface area contributed by atoms with Crippen LogP contribution in [-0.2, 0) is 0 Å². The molecule has 0 radical (unpaired) electrons. The number of methoxy groups -OCH3 is 1. The molecular weight excluding hydrogens is 438 g/mol. The Kier molecular flexibility index (Phi) is 6.83. The summed E-state index contributed by atoms with van der Waals surface area (Å²) in [5.74, 6) is 0.0458. The highest BCUT2D eigenvalue weighted by Crippen LogP contribution is 2.33. The molecule has 0 unspecified atom stereocenters. The summed E-state index contributed by atoms with van der Waals surface area (Å²) in [5, 5.41) is 9.08. The van der Waals surface area contributed by atoms with Gasteiger partial charge in [0.1, 0.15) is 17.7 Å². The maximum absolute atomic E-state index is 14.1. The van der Waals surface area contributed by atoms with Crippen molar-refractivity contribution in [2.75, 3.05) is 13.7 Å². The van der Waals surface area contributed by atoms with Crippen molar-refractivity contribution >= 4 is 23.2 Å². The van der Waals surface area contributed by atoms with Crippen LogP contribution in [0.4, 0.5) is 8.78 Å². The maximum atomic E-state index is 14.1. The number of hydrogen-bond donors (Lipinski definition) is 0. The van der Waals surface area contributed by atoms with Crippen molar-refractivity contribution in [2.45, 2.75) is 19.8 Å². The van der Waals surface area contributed by atoms with Crippen molar-refractivity contribution in [3.63, 3.8) is 0 Å². The van der Waals surface area contributed by atoms with Gasteiger partial charge >= 0.3 is 0 Å². The summed E-state index contributed by atoms with van der Waals surface area (Å²) >= 11 is 0. The van der Waals surface area contributed by atoms with Crippen molar-refractivity contribution in [2.24, 2.45) is 0 Å². The number of halogens is 2. The molecule has 0 fully saturated rings. The van der Waals surface area contributed by atoms with Crippen LogP contribution in [0.15, 0.2) is 48.7 Å². The first kappa shape index (κ1) is 22.9. The molecule has 172 valence electrons. The zero-order chi connectivity index (χ0) is 24.1. The first-order valence-electron chi connectivity index (χ1n) is 10.8. The smallest absolute Gasteiger partial charge is 0.168 e. The molecule has 0 saturated heterocycles. The Morgan fingerprint density at radius 1 is 1.12 bits per heavy atom. The van der Waals surface area contributed by atoms with E-state index in [1.165, 1.54) is 6.20 Å². The summed E-state index contributed by atoms with van der Waals surface area (Å²) in [7, 11) is 1.58. The van der Waals surface area contributed by atoms with Gasteiger partial charge in [0, 0.05) is 23.9 Å². The highest BCUT2D eigenvalue weighted by molar-refractivity contribution is 5.82. The molecule has 34 heavy (non-hydrogen) atoms. The molecule has 0 aliphatic carbocycles. The van der Waals surface area contributed by atoms with Gasteiger partial charge in [-0.25, -0.2) is 18.7 Å². The Balaban J connectivity index is 1.83. The van der Waals surface area contributed by atoms with Gasteiger partial charge < -0.3 is 9.47 Å². The molecule has 0 amide bonds. The quantitative estimate of drug-likeness (QED) is 0.305. The van der Waals surface area contributed by atoms with Crippen molar-refractivity contribution in [3.8, 4) is 23.4 Å². The second-order valence-corrected chi connectivity index (χ2v) is 7.49. The van der Waals surface area contributed by atoms with E-state index >= 15 is 0 Å². The molecule has 2 aromatic carbocycles. The van der Waals surface area contributed by atoms with Gasteiger partial charge in [0.15, 0.2) is 23.1 Å². The summed E-state index contributed by atoms with van der Waals surface area (Å²) in [6.45, 7) is 2.63. The highest BCUT2D eigenvalue weighted by Gasteiger charge is 2.16. The van der Waals surface area contributed by atoms with E-state index in [1.807, 2.05) is 24.3 Å². The van der Waals surface area contributed by atoms with Crippen LogP contribution < -0.4 is 9.47 Å². The lowest BCUT2D eigenvalue weighted by atomic mass is 10.1. The number of unbranched alkanes of at least 4 members (excludes halogenated alkanes) is 1. The predicted octanol–water partition coefficient (Wildman–Crippen LogP) is 5.93. The number of hydrogen-bond acceptors (Lipinski definition) is 5. The van der Waals surface area contributed by atoms with Crippen molar-refractivity contribution in [3.05, 3.63) is 77.2 Å². The third-order valence-electron chi connectivity index (χ3n) is 5.21. The van der Waals surface area contributed by atoms with Crippen molar-refractivity contribution in [1.29, 1.82) is 5.26 Å². The maximum Gasteiger partial charge on any atom is 0.168 e. The topological polar surface area (TPSA) is 73.0 Å². The summed E-state index contributed by atoms with van der Waals surface area (Å²) in [4.78, 5) is 8.80. The SMILES string of the molecule is CCCCOc1c(C=Cc2nc3cc(F)c(F)cc3n2-c2ccc(C#N)cn2)cccc1OC. The van der Waals surface area contributed by atoms with E-state index in [9.17, 15) is 8.78 Å². The summed E-state index contributed by atoms with van der Waals surface area (Å²) in [6, 6.07) is 12.9. The van der Waals surface area contributed by atoms with Crippen LogP contribution in [0.1, 0.15) is 36.7 Å². The van der Waals surface area contributed by atoms with E-state index in [0.29, 0.717) is 40.8 Å². The summed E-state index contributed by atoms with van der Waals surface area (Å²) in [6.07, 6.45) is 6.83. The number of aromatic nitrogens is 3. The van der Waals surface area contributed by atoms with E-state index in [4.69, 9.17) is 14.7 Å². The number of pyridine rings is 1. The molecule has 0 spiro atoms. The van der Waals surface area contributed by atoms with Crippen LogP contribution >= 0.6 is 0 Å². The number of imidazole rings is 1. The lowest BCUT2D eigenvalue weighted by molar-refractivity contribution is 0.287. The van der Waals surface area contributed by atoms with Gasteiger partial charge in [-0.3, -0.25) is 4.57 Å². The monoisotopic (exact) mass is 460 g/mol. The lowest BCUT2D eigenvalue weighted by Crippen LogP contribution is -2.01. The second-order valence-electron chi connectivity index (χ2n) is 7.49. The first-order chi connectivity index (χ1) is 16.5. The van der Waals surface area contributed by atoms with Crippen LogP contribution in [0.2, 0.25) is 0 Å². The molecule has 0 bridgehead atoms. The average Bonchev–Trinajstić information content (AvgIpc) is 3.20. The number of nitrogens with zero attached hydrogens (tertiary/aromatic N) is 4. The van der Waals surface area contributed by atoms with Gasteiger partial charge in [0.05, 0.1) is 30.3 Å². The van der Waals surface area contributed by atoms with Crippen LogP contribution in [0.5, 0.6) is 11.5 Å². The Bertz CT molecular complexity index is 1390. The zero-order valence-corrected chi connectivity index (χ0v) is 18.8. The number of ether oxygens (including phenoxy) is 2. The molecule has 0 atom stereocenters. The molecular formula is C26H22F2N4O2. The standard InChI is InChI=1S/C26H22F2N4O2/c1-3-4-12-34-26-18(6-5-7-23(26)33-2)9-11-25-31-21-13-19(27)20(28)14-22(21)32(25)24-10-8-17(15-29)16-30-24/h5-11,13-14,16H,3-4,12H2,1-2H3. The molecule has 6 nitrogen and oxygen atoms in total.